The van der Waals surface area contributed by atoms with Crippen LogP contribution in [0.2, 0.25) is 0 Å². The van der Waals surface area contributed by atoms with Crippen molar-refractivity contribution in [2.45, 2.75) is 58.3 Å². The quantitative estimate of drug-likeness (QED) is 0.259. The number of benzene rings is 1. The van der Waals surface area contributed by atoms with Crippen LogP contribution in [0.4, 0.5) is 5.69 Å². The molecule has 0 bridgehead atoms. The molecular formula is C23H29NO2S2. The molecule has 150 valence electrons. The number of Topliss-reactive ketones (excluding diaryl/α,β-unsaturated/α-hetero) is 2. The monoisotopic (exact) mass is 415 g/mol. The highest BCUT2D eigenvalue weighted by Gasteiger charge is 2.32. The number of anilines is 1. The number of para-hydroxylation sites is 1. The minimum Gasteiger partial charge on any atom is -0.363 e. The van der Waals surface area contributed by atoms with Crippen molar-refractivity contribution in [3.63, 3.8) is 0 Å². The highest BCUT2D eigenvalue weighted by atomic mass is 32.2. The van der Waals surface area contributed by atoms with E-state index >= 15 is 0 Å². The van der Waals surface area contributed by atoms with Crippen molar-refractivity contribution in [1.82, 2.24) is 0 Å². The van der Waals surface area contributed by atoms with Gasteiger partial charge in [-0.2, -0.15) is 0 Å². The van der Waals surface area contributed by atoms with E-state index in [2.05, 4.69) is 11.8 Å². The molecule has 0 aliphatic carbocycles. The van der Waals surface area contributed by atoms with Gasteiger partial charge >= 0.3 is 0 Å². The summed E-state index contributed by atoms with van der Waals surface area (Å²) in [5.74, 6) is -0.183. The molecule has 0 N–H and O–H groups in total. The van der Waals surface area contributed by atoms with E-state index in [1.54, 1.807) is 0 Å². The Bertz CT molecular complexity index is 760. The third-order valence-electron chi connectivity index (χ3n) is 5.22. The summed E-state index contributed by atoms with van der Waals surface area (Å²) in [5, 5.41) is 3.87. The van der Waals surface area contributed by atoms with Crippen LogP contribution >= 0.6 is 23.5 Å². The highest BCUT2D eigenvalue weighted by molar-refractivity contribution is 8.27. The molecule has 5 heteroatoms. The number of fused-ring (bicyclic) bond motifs is 1. The second kappa shape index (κ2) is 10.9. The number of hydrogen-bond donors (Lipinski definition) is 0. The SMILES string of the molecule is CCCCCCCCCCN1CC(=O)C(=C2SC=CS2)C(=O)c2ccccc21. The Balaban J connectivity index is 1.65. The van der Waals surface area contributed by atoms with Crippen LogP contribution in [-0.4, -0.2) is 24.7 Å². The van der Waals surface area contributed by atoms with Gasteiger partial charge in [-0.25, -0.2) is 0 Å². The zero-order valence-corrected chi connectivity index (χ0v) is 18.2. The zero-order chi connectivity index (χ0) is 19.8. The predicted octanol–water partition coefficient (Wildman–Crippen LogP) is 6.56. The number of rotatable bonds is 9. The maximum Gasteiger partial charge on any atom is 0.200 e. The lowest BCUT2D eigenvalue weighted by atomic mass is 10.0. The summed E-state index contributed by atoms with van der Waals surface area (Å²) in [6, 6.07) is 7.67. The van der Waals surface area contributed by atoms with Gasteiger partial charge in [-0.05, 0) is 29.4 Å². The molecule has 3 nitrogen and oxygen atoms in total. The van der Waals surface area contributed by atoms with Crippen LogP contribution in [0.3, 0.4) is 0 Å². The molecule has 0 fully saturated rings. The summed E-state index contributed by atoms with van der Waals surface area (Å²) in [5.41, 5.74) is 1.93. The van der Waals surface area contributed by atoms with Crippen LogP contribution in [0.25, 0.3) is 0 Å². The molecular weight excluding hydrogens is 386 g/mol. The molecule has 1 aromatic carbocycles. The van der Waals surface area contributed by atoms with Gasteiger partial charge in [0.1, 0.15) is 0 Å². The number of thioether (sulfide) groups is 2. The lowest BCUT2D eigenvalue weighted by molar-refractivity contribution is -0.114. The van der Waals surface area contributed by atoms with Gasteiger partial charge in [0.05, 0.1) is 16.4 Å². The van der Waals surface area contributed by atoms with Gasteiger partial charge in [-0.3, -0.25) is 9.59 Å². The predicted molar refractivity (Wildman–Crippen MR) is 122 cm³/mol. The van der Waals surface area contributed by atoms with Gasteiger partial charge in [-0.1, -0.05) is 87.5 Å². The smallest absolute Gasteiger partial charge is 0.200 e. The van der Waals surface area contributed by atoms with E-state index in [4.69, 9.17) is 0 Å². The molecule has 0 atom stereocenters. The minimum absolute atomic E-state index is 0.0561. The van der Waals surface area contributed by atoms with Crippen LogP contribution in [0, 0.1) is 0 Å². The Kier molecular flexibility index (Phi) is 8.28. The van der Waals surface area contributed by atoms with E-state index in [9.17, 15) is 9.59 Å². The fourth-order valence-corrected chi connectivity index (χ4v) is 5.60. The van der Waals surface area contributed by atoms with Crippen LogP contribution < -0.4 is 4.90 Å². The average Bonchev–Trinajstić information content (AvgIpc) is 3.20. The van der Waals surface area contributed by atoms with Crippen molar-refractivity contribution in [1.29, 1.82) is 0 Å². The van der Waals surface area contributed by atoms with Crippen LogP contribution in [-0.2, 0) is 4.79 Å². The molecule has 0 saturated carbocycles. The summed E-state index contributed by atoms with van der Waals surface area (Å²) in [7, 11) is 0. The summed E-state index contributed by atoms with van der Waals surface area (Å²) < 4.78 is 0.818. The molecule has 3 rings (SSSR count). The first-order valence-corrected chi connectivity index (χ1v) is 12.1. The summed E-state index contributed by atoms with van der Waals surface area (Å²) in [6.07, 6.45) is 10.1. The molecule has 0 aromatic heterocycles. The summed E-state index contributed by atoms with van der Waals surface area (Å²) in [4.78, 5) is 28.2. The van der Waals surface area contributed by atoms with Crippen molar-refractivity contribution in [2.24, 2.45) is 0 Å². The maximum absolute atomic E-state index is 13.1. The van der Waals surface area contributed by atoms with Gasteiger partial charge in [0.25, 0.3) is 0 Å². The third kappa shape index (κ3) is 5.32. The molecule has 0 spiro atoms. The third-order valence-corrected chi connectivity index (χ3v) is 7.35. The second-order valence-electron chi connectivity index (χ2n) is 7.34. The topological polar surface area (TPSA) is 37.4 Å². The van der Waals surface area contributed by atoms with Crippen molar-refractivity contribution in [3.05, 3.63) is 50.5 Å². The molecule has 2 heterocycles. The van der Waals surface area contributed by atoms with Crippen molar-refractivity contribution >= 4 is 40.8 Å². The number of nitrogens with zero attached hydrogens (tertiary/aromatic N) is 1. The van der Waals surface area contributed by atoms with E-state index < -0.39 is 0 Å². The van der Waals surface area contributed by atoms with E-state index in [-0.39, 0.29) is 11.6 Å². The molecule has 0 radical (unpaired) electrons. The Morgan fingerprint density at radius 2 is 1.54 bits per heavy atom. The van der Waals surface area contributed by atoms with E-state index in [0.717, 1.165) is 22.9 Å². The van der Waals surface area contributed by atoms with Gasteiger partial charge in [-0.15, -0.1) is 0 Å². The van der Waals surface area contributed by atoms with Gasteiger partial charge in [0.2, 0.25) is 0 Å². The molecule has 28 heavy (non-hydrogen) atoms. The van der Waals surface area contributed by atoms with Crippen molar-refractivity contribution < 1.29 is 9.59 Å². The number of hydrogen-bond acceptors (Lipinski definition) is 5. The molecule has 0 unspecified atom stereocenters. The van der Waals surface area contributed by atoms with Crippen molar-refractivity contribution in [3.8, 4) is 0 Å². The minimum atomic E-state index is -0.127. The van der Waals surface area contributed by atoms with Gasteiger partial charge in [0.15, 0.2) is 11.6 Å². The summed E-state index contributed by atoms with van der Waals surface area (Å²) >= 11 is 2.95. The first-order chi connectivity index (χ1) is 13.7. The Morgan fingerprint density at radius 1 is 0.893 bits per heavy atom. The zero-order valence-electron chi connectivity index (χ0n) is 16.6. The maximum atomic E-state index is 13.1. The van der Waals surface area contributed by atoms with E-state index in [1.165, 1.54) is 68.5 Å². The van der Waals surface area contributed by atoms with E-state index in [0.29, 0.717) is 17.7 Å². The van der Waals surface area contributed by atoms with Crippen LogP contribution in [0.1, 0.15) is 68.6 Å². The van der Waals surface area contributed by atoms with Gasteiger partial charge < -0.3 is 4.90 Å². The second-order valence-corrected chi connectivity index (χ2v) is 9.43. The molecule has 1 aromatic rings. The average molecular weight is 416 g/mol. The van der Waals surface area contributed by atoms with Crippen LogP contribution in [0.5, 0.6) is 0 Å². The Hall–Kier alpha value is -1.46. The lowest BCUT2D eigenvalue weighted by Gasteiger charge is -2.23. The molecule has 2 aliphatic rings. The van der Waals surface area contributed by atoms with E-state index in [1.807, 2.05) is 35.1 Å². The Morgan fingerprint density at radius 3 is 2.25 bits per heavy atom. The van der Waals surface area contributed by atoms with Crippen LogP contribution in [0.15, 0.2) is 44.9 Å². The largest absolute Gasteiger partial charge is 0.363 e. The summed E-state index contributed by atoms with van der Waals surface area (Å²) in [6.45, 7) is 3.36. The fourth-order valence-electron chi connectivity index (χ4n) is 3.71. The Labute approximate surface area is 177 Å². The van der Waals surface area contributed by atoms with Crippen molar-refractivity contribution in [2.75, 3.05) is 18.0 Å². The normalized spacial score (nSPS) is 16.7. The number of ketones is 2. The molecule has 0 amide bonds. The van der Waals surface area contributed by atoms with Gasteiger partial charge in [0, 0.05) is 17.8 Å². The molecule has 2 aliphatic heterocycles. The lowest BCUT2D eigenvalue weighted by Crippen LogP contribution is -2.30. The standard InChI is InChI=1S/C23H29NO2S2/c1-2-3-4-5-6-7-8-11-14-24-17-20(25)21(23-27-15-16-28-23)22(26)18-12-9-10-13-19(18)24/h9-10,12-13,15-16H,2-8,11,14,17H2,1H3. The number of carbonyl (C=O) groups is 2. The first-order valence-electron chi connectivity index (χ1n) is 10.4. The fraction of sp³-hybridized carbons (Fsp3) is 0.478. The highest BCUT2D eigenvalue weighted by Crippen LogP contribution is 2.42. The first kappa shape index (κ1) is 21.3. The number of unbranched alkanes of at least 4 members (excludes halogenated alkanes) is 7. The molecule has 0 saturated heterocycles. The number of carbonyl (C=O) groups excluding carboxylic acids is 2.